The smallest absolute Gasteiger partial charge is 0.200 e. The summed E-state index contributed by atoms with van der Waals surface area (Å²) in [4.78, 5) is 0.339. The van der Waals surface area contributed by atoms with E-state index in [9.17, 15) is 8.42 Å². The Morgan fingerprint density at radius 2 is 1.77 bits per heavy atom. The largest absolute Gasteiger partial charge is 0.219 e. The Morgan fingerprint density at radius 1 is 1.23 bits per heavy atom. The fourth-order valence-corrected chi connectivity index (χ4v) is 2.84. The molecule has 0 spiro atoms. The van der Waals surface area contributed by atoms with Crippen molar-refractivity contribution in [3.8, 4) is 0 Å². The molecule has 0 saturated carbocycles. The van der Waals surface area contributed by atoms with Gasteiger partial charge in [-0.2, -0.15) is 0 Å². The van der Waals surface area contributed by atoms with Gasteiger partial charge in [0.1, 0.15) is 0 Å². The number of halogens is 1. The van der Waals surface area contributed by atoms with E-state index in [0.29, 0.717) is 4.90 Å². The lowest BCUT2D eigenvalue weighted by molar-refractivity contribution is 0.604. The summed E-state index contributed by atoms with van der Waals surface area (Å²) >= 11 is 1.89. The summed E-state index contributed by atoms with van der Waals surface area (Å²) in [5.74, 6) is 0. The Hall–Kier alpha value is -0.360. The van der Waals surface area contributed by atoms with Crippen LogP contribution in [0.3, 0.4) is 0 Å². The zero-order valence-electron chi connectivity index (χ0n) is 7.07. The fraction of sp³-hybridized carbons (Fsp3) is 0.111. The van der Waals surface area contributed by atoms with E-state index in [4.69, 9.17) is 0 Å². The van der Waals surface area contributed by atoms with Gasteiger partial charge in [0.05, 0.1) is 4.90 Å². The highest BCUT2D eigenvalue weighted by Crippen LogP contribution is 2.13. The molecule has 0 aliphatic carbocycles. The predicted octanol–water partition coefficient (Wildman–Crippen LogP) is 2.67. The third-order valence-corrected chi connectivity index (χ3v) is 3.85. The minimum Gasteiger partial charge on any atom is -0.219 e. The molecule has 0 aromatic heterocycles. The van der Waals surface area contributed by atoms with Crippen molar-refractivity contribution in [1.82, 2.24) is 0 Å². The number of rotatable bonds is 2. The lowest BCUT2D eigenvalue weighted by atomic mass is 10.2. The van der Waals surface area contributed by atoms with Crippen LogP contribution in [0.1, 0.15) is 5.56 Å². The van der Waals surface area contributed by atoms with E-state index in [2.05, 4.69) is 0 Å². The molecule has 0 radical (unpaired) electrons. The van der Waals surface area contributed by atoms with Gasteiger partial charge in [-0.1, -0.05) is 40.3 Å². The highest BCUT2D eigenvalue weighted by Gasteiger charge is 2.08. The standard InChI is InChI=1S/C9H9IO2S/c1-8-2-4-9(5-3-8)13(11,12)7-6-10/h2-7H,1H3/b7-6-. The first-order valence-electron chi connectivity index (χ1n) is 3.65. The average Bonchev–Trinajstić information content (AvgIpc) is 2.05. The third-order valence-electron chi connectivity index (χ3n) is 1.58. The number of hydrogen-bond donors (Lipinski definition) is 0. The second kappa shape index (κ2) is 4.23. The van der Waals surface area contributed by atoms with E-state index in [1.54, 1.807) is 24.3 Å². The quantitative estimate of drug-likeness (QED) is 0.787. The van der Waals surface area contributed by atoms with Crippen LogP contribution in [-0.4, -0.2) is 8.42 Å². The van der Waals surface area contributed by atoms with Crippen molar-refractivity contribution in [2.45, 2.75) is 11.8 Å². The van der Waals surface area contributed by atoms with Gasteiger partial charge in [-0.25, -0.2) is 8.42 Å². The van der Waals surface area contributed by atoms with Gasteiger partial charge in [0.15, 0.2) is 9.84 Å². The summed E-state index contributed by atoms with van der Waals surface area (Å²) in [6.07, 6.45) is 0. The van der Waals surface area contributed by atoms with Crippen LogP contribution in [0.5, 0.6) is 0 Å². The molecule has 0 unspecified atom stereocenters. The molecule has 0 N–H and O–H groups in total. The van der Waals surface area contributed by atoms with Crippen LogP contribution in [0, 0.1) is 6.92 Å². The molecule has 1 rings (SSSR count). The number of hydrogen-bond acceptors (Lipinski definition) is 2. The van der Waals surface area contributed by atoms with Crippen LogP contribution in [0.25, 0.3) is 0 Å². The van der Waals surface area contributed by atoms with E-state index in [1.165, 1.54) is 9.49 Å². The SMILES string of the molecule is Cc1ccc(S(=O)(=O)/C=C\I)cc1. The molecular weight excluding hydrogens is 299 g/mol. The van der Waals surface area contributed by atoms with Crippen LogP contribution < -0.4 is 0 Å². The summed E-state index contributed by atoms with van der Waals surface area (Å²) in [7, 11) is -3.22. The van der Waals surface area contributed by atoms with E-state index in [-0.39, 0.29) is 0 Å². The summed E-state index contributed by atoms with van der Waals surface area (Å²) < 4.78 is 24.4. The second-order valence-corrected chi connectivity index (χ2v) is 5.17. The first kappa shape index (κ1) is 10.7. The van der Waals surface area contributed by atoms with E-state index in [0.717, 1.165) is 5.56 Å². The van der Waals surface area contributed by atoms with Crippen molar-refractivity contribution in [2.24, 2.45) is 0 Å². The molecule has 1 aromatic carbocycles. The fourth-order valence-electron chi connectivity index (χ4n) is 0.874. The van der Waals surface area contributed by atoms with Gasteiger partial charge in [0, 0.05) is 5.41 Å². The molecular formula is C9H9IO2S. The highest BCUT2D eigenvalue weighted by atomic mass is 127. The van der Waals surface area contributed by atoms with E-state index >= 15 is 0 Å². The number of aryl methyl sites for hydroxylation is 1. The number of benzene rings is 1. The zero-order valence-corrected chi connectivity index (χ0v) is 10.0. The summed E-state index contributed by atoms with van der Waals surface area (Å²) in [6.45, 7) is 1.92. The monoisotopic (exact) mass is 308 g/mol. The predicted molar refractivity (Wildman–Crippen MR) is 61.5 cm³/mol. The van der Waals surface area contributed by atoms with E-state index < -0.39 is 9.84 Å². The van der Waals surface area contributed by atoms with Crippen LogP contribution in [0.4, 0.5) is 0 Å². The lowest BCUT2D eigenvalue weighted by Gasteiger charge is -1.98. The zero-order chi connectivity index (χ0) is 9.90. The molecule has 70 valence electrons. The Morgan fingerprint density at radius 3 is 2.23 bits per heavy atom. The van der Waals surface area contributed by atoms with Crippen LogP contribution >= 0.6 is 22.6 Å². The molecule has 0 aliphatic rings. The van der Waals surface area contributed by atoms with Crippen LogP contribution in [0.15, 0.2) is 38.7 Å². The maximum atomic E-state index is 11.5. The molecule has 1 aromatic rings. The Bertz CT molecular complexity index is 404. The minimum absolute atomic E-state index is 0.339. The highest BCUT2D eigenvalue weighted by molar-refractivity contribution is 14.1. The first-order valence-corrected chi connectivity index (χ1v) is 6.44. The molecule has 0 atom stereocenters. The summed E-state index contributed by atoms with van der Waals surface area (Å²) in [5, 5.41) is 1.19. The van der Waals surface area contributed by atoms with Crippen LogP contribution in [0.2, 0.25) is 0 Å². The van der Waals surface area contributed by atoms with Gasteiger partial charge in [-0.15, -0.1) is 0 Å². The second-order valence-electron chi connectivity index (χ2n) is 2.62. The van der Waals surface area contributed by atoms with Gasteiger partial charge < -0.3 is 0 Å². The van der Waals surface area contributed by atoms with E-state index in [1.807, 2.05) is 29.5 Å². The first-order chi connectivity index (χ1) is 6.06. The van der Waals surface area contributed by atoms with Gasteiger partial charge >= 0.3 is 0 Å². The van der Waals surface area contributed by atoms with Gasteiger partial charge in [-0.3, -0.25) is 0 Å². The minimum atomic E-state index is -3.22. The van der Waals surface area contributed by atoms with Crippen molar-refractivity contribution in [1.29, 1.82) is 0 Å². The normalized spacial score (nSPS) is 12.2. The maximum absolute atomic E-state index is 11.5. The molecule has 0 amide bonds. The Balaban J connectivity index is 3.17. The maximum Gasteiger partial charge on any atom is 0.200 e. The molecule has 2 nitrogen and oxygen atoms in total. The van der Waals surface area contributed by atoms with Crippen molar-refractivity contribution in [3.63, 3.8) is 0 Å². The Kier molecular flexibility index (Phi) is 3.49. The molecule has 0 heterocycles. The molecule has 4 heteroatoms. The third kappa shape index (κ3) is 2.80. The topological polar surface area (TPSA) is 34.1 Å². The van der Waals surface area contributed by atoms with Gasteiger partial charge in [0.25, 0.3) is 0 Å². The van der Waals surface area contributed by atoms with Gasteiger partial charge in [0.2, 0.25) is 0 Å². The van der Waals surface area contributed by atoms with Gasteiger partial charge in [-0.05, 0) is 23.1 Å². The Labute approximate surface area is 91.7 Å². The molecule has 13 heavy (non-hydrogen) atoms. The van der Waals surface area contributed by atoms with Crippen LogP contribution in [-0.2, 0) is 9.84 Å². The van der Waals surface area contributed by atoms with Crippen molar-refractivity contribution in [3.05, 3.63) is 39.3 Å². The van der Waals surface area contributed by atoms with Crippen molar-refractivity contribution in [2.75, 3.05) is 0 Å². The average molecular weight is 308 g/mol. The molecule has 0 fully saturated rings. The molecule has 0 bridgehead atoms. The van der Waals surface area contributed by atoms with Crippen molar-refractivity contribution >= 4 is 32.4 Å². The summed E-state index contributed by atoms with van der Waals surface area (Å²) in [5.41, 5.74) is 1.05. The molecule has 0 saturated heterocycles. The molecule has 0 aliphatic heterocycles. The lowest BCUT2D eigenvalue weighted by Crippen LogP contribution is -1.95. The van der Waals surface area contributed by atoms with Crippen molar-refractivity contribution < 1.29 is 8.42 Å². The summed E-state index contributed by atoms with van der Waals surface area (Å²) in [6, 6.07) is 6.80. The number of sulfone groups is 1.